The van der Waals surface area contributed by atoms with E-state index in [4.69, 9.17) is 19.2 Å². The van der Waals surface area contributed by atoms with E-state index in [0.29, 0.717) is 0 Å². The fraction of sp³-hybridized carbons (Fsp3) is 0. The number of hydrogen-bond donors (Lipinski definition) is 4. The Morgan fingerprint density at radius 3 is 0.889 bits per heavy atom. The monoisotopic (exact) mass is 234 g/mol. The van der Waals surface area contributed by atoms with Crippen LogP contribution in [0.1, 0.15) is 7.13 Å². The average Bonchev–Trinajstić information content (AvgIpc) is 0.722. The van der Waals surface area contributed by atoms with E-state index in [2.05, 4.69) is 0 Å². The molecule has 0 aromatic carbocycles. The summed E-state index contributed by atoms with van der Waals surface area (Å²) in [5.41, 5.74) is 0. The second-order valence-corrected chi connectivity index (χ2v) is 1.80. The van der Waals surface area contributed by atoms with Gasteiger partial charge < -0.3 is 26.3 Å². The molecule has 0 heterocycles. The molecule has 0 fully saturated rings. The van der Waals surface area contributed by atoms with Gasteiger partial charge in [0.15, 0.2) is 17.4 Å². The molecule has 0 amide bonds. The zero-order valence-corrected chi connectivity index (χ0v) is 12.1. The van der Waals surface area contributed by atoms with Crippen molar-refractivity contribution in [2.24, 2.45) is 0 Å². The Kier molecular flexibility index (Phi) is 47.5. The molecule has 0 aliphatic rings. The standard InChI is InChI=1S/Al.2Ca.Na.H4O4Si.8H/c;;;;1-5(2,3)4;;;;;;;;/h;;;;1-4H;;;;;;;;/q;2*+2;+1;;;;;5*-1. The summed E-state index contributed by atoms with van der Waals surface area (Å²) in [5.74, 6) is 0. The summed E-state index contributed by atoms with van der Waals surface area (Å²) in [7, 11) is -4.61. The first-order valence-corrected chi connectivity index (χ1v) is 2.68. The van der Waals surface area contributed by atoms with Crippen molar-refractivity contribution >= 4 is 102 Å². The van der Waals surface area contributed by atoms with Crippen LogP contribution in [-0.4, -0.2) is 121 Å². The predicted molar refractivity (Wildman–Crippen MR) is 41.6 cm³/mol. The summed E-state index contributed by atoms with van der Waals surface area (Å²) in [6, 6.07) is 0. The molecular formula is H12AlCa2NaO4Si. The summed E-state index contributed by atoms with van der Waals surface area (Å²) in [6.07, 6.45) is 0. The Balaban J connectivity index is -0.00000000222. The number of rotatable bonds is 0. The van der Waals surface area contributed by atoms with Crippen molar-refractivity contribution in [1.29, 1.82) is 0 Å². The molecule has 4 nitrogen and oxygen atoms in total. The third-order valence-corrected chi connectivity index (χ3v) is 0. The Hall–Kier alpha value is 4.11. The van der Waals surface area contributed by atoms with Crippen LogP contribution in [0.5, 0.6) is 0 Å². The molecule has 48 valence electrons. The van der Waals surface area contributed by atoms with Crippen LogP contribution in [-0.2, 0) is 0 Å². The molecule has 0 spiro atoms. The van der Waals surface area contributed by atoms with Gasteiger partial charge in [-0.15, -0.1) is 0 Å². The van der Waals surface area contributed by atoms with Gasteiger partial charge in [0, 0.05) is 0 Å². The molecular weight excluding hydrogens is 222 g/mol. The van der Waals surface area contributed by atoms with E-state index >= 15 is 0 Å². The molecule has 0 atom stereocenters. The summed E-state index contributed by atoms with van der Waals surface area (Å²) in [5, 5.41) is 0. The van der Waals surface area contributed by atoms with Crippen LogP contribution in [0.3, 0.4) is 0 Å². The van der Waals surface area contributed by atoms with Crippen molar-refractivity contribution in [3.63, 3.8) is 0 Å². The van der Waals surface area contributed by atoms with Gasteiger partial charge in [-0.05, 0) is 0 Å². The van der Waals surface area contributed by atoms with Gasteiger partial charge in [0.05, 0.1) is 0 Å². The van der Waals surface area contributed by atoms with Gasteiger partial charge >= 0.3 is 114 Å². The van der Waals surface area contributed by atoms with Gasteiger partial charge in [-0.2, -0.15) is 0 Å². The van der Waals surface area contributed by atoms with Crippen molar-refractivity contribution in [2.75, 3.05) is 0 Å². The van der Waals surface area contributed by atoms with E-state index < -0.39 is 9.05 Å². The van der Waals surface area contributed by atoms with Crippen LogP contribution in [0.25, 0.3) is 0 Å². The maximum atomic E-state index is 7.33. The zero-order valence-electron chi connectivity index (χ0n) is 9.70. The van der Waals surface area contributed by atoms with Crippen molar-refractivity contribution in [2.45, 2.75) is 0 Å². The topological polar surface area (TPSA) is 80.9 Å². The Morgan fingerprint density at radius 1 is 0.889 bits per heavy atom. The number of hydrogen-bond acceptors (Lipinski definition) is 4. The summed E-state index contributed by atoms with van der Waals surface area (Å²) in [4.78, 5) is 29.3. The predicted octanol–water partition coefficient (Wildman–Crippen LogP) is -6.99. The van der Waals surface area contributed by atoms with Crippen molar-refractivity contribution in [3.05, 3.63) is 0 Å². The van der Waals surface area contributed by atoms with Gasteiger partial charge in [-0.25, -0.2) is 0 Å². The van der Waals surface area contributed by atoms with Crippen LogP contribution in [0.2, 0.25) is 0 Å². The second kappa shape index (κ2) is 14.6. The summed E-state index contributed by atoms with van der Waals surface area (Å²) < 4.78 is 0. The molecule has 0 rings (SSSR count). The van der Waals surface area contributed by atoms with Gasteiger partial charge in [0.1, 0.15) is 0 Å². The molecule has 4 N–H and O–H groups in total. The minimum Gasteiger partial charge on any atom is -1.00 e. The second-order valence-electron chi connectivity index (χ2n) is 0.600. The smallest absolute Gasteiger partial charge is 1.00 e. The molecule has 0 saturated carbocycles. The third kappa shape index (κ3) is 73.3. The van der Waals surface area contributed by atoms with Crippen LogP contribution in [0, 0.1) is 0 Å². The van der Waals surface area contributed by atoms with Crippen molar-refractivity contribution in [1.82, 2.24) is 0 Å². The Bertz CT molecular complexity index is 47.2. The first-order valence-electron chi connectivity index (χ1n) is 0.894. The van der Waals surface area contributed by atoms with Crippen LogP contribution in [0.15, 0.2) is 0 Å². The molecule has 0 aliphatic heterocycles. The fourth-order valence-electron chi connectivity index (χ4n) is 0. The largest absolute Gasteiger partial charge is 2.00 e. The SMILES string of the molecule is O[Si](O)(O)O.[AlH3].[Ca+2].[Ca+2].[H-].[H-].[H-].[H-].[H-].[Na+]. The van der Waals surface area contributed by atoms with Gasteiger partial charge in [0.25, 0.3) is 0 Å². The Morgan fingerprint density at radius 2 is 0.889 bits per heavy atom. The zero-order chi connectivity index (χ0) is 4.50. The van der Waals surface area contributed by atoms with Crippen LogP contribution in [0.4, 0.5) is 0 Å². The van der Waals surface area contributed by atoms with E-state index in [1.807, 2.05) is 0 Å². The minimum absolute atomic E-state index is 0. The minimum atomic E-state index is -4.61. The molecule has 0 unspecified atom stereocenters. The maximum Gasteiger partial charge on any atom is 2.00 e. The summed E-state index contributed by atoms with van der Waals surface area (Å²) >= 11 is 0. The van der Waals surface area contributed by atoms with Crippen LogP contribution >= 0.6 is 0 Å². The van der Waals surface area contributed by atoms with Gasteiger partial charge in [-0.1, -0.05) is 0 Å². The van der Waals surface area contributed by atoms with Crippen LogP contribution < -0.4 is 29.6 Å². The average molecular weight is 234 g/mol. The molecule has 9 heavy (non-hydrogen) atoms. The third-order valence-electron chi connectivity index (χ3n) is 0. The normalized spacial score (nSPS) is 6.67. The maximum absolute atomic E-state index is 7.33. The van der Waals surface area contributed by atoms with E-state index in [0.717, 1.165) is 0 Å². The molecule has 0 aromatic heterocycles. The molecule has 0 aliphatic carbocycles. The molecule has 0 aromatic rings. The first kappa shape index (κ1) is 29.2. The van der Waals surface area contributed by atoms with E-state index in [1.165, 1.54) is 0 Å². The summed E-state index contributed by atoms with van der Waals surface area (Å²) in [6.45, 7) is 0. The van der Waals surface area contributed by atoms with Crippen molar-refractivity contribution < 1.29 is 55.9 Å². The quantitative estimate of drug-likeness (QED) is 0.314. The van der Waals surface area contributed by atoms with Gasteiger partial charge in [0.2, 0.25) is 0 Å². The molecule has 9 heteroatoms. The molecule has 0 saturated heterocycles. The Labute approximate surface area is 154 Å². The van der Waals surface area contributed by atoms with E-state index in [-0.39, 0.29) is 130 Å². The molecule has 0 radical (unpaired) electrons. The van der Waals surface area contributed by atoms with Crippen molar-refractivity contribution in [3.8, 4) is 0 Å². The van der Waals surface area contributed by atoms with E-state index in [9.17, 15) is 0 Å². The van der Waals surface area contributed by atoms with E-state index in [1.54, 1.807) is 0 Å². The first-order chi connectivity index (χ1) is 2.00. The fourth-order valence-corrected chi connectivity index (χ4v) is 0. The van der Waals surface area contributed by atoms with Gasteiger partial charge in [-0.3, -0.25) is 0 Å². The molecule has 0 bridgehead atoms.